The number of rotatable bonds is 2. The summed E-state index contributed by atoms with van der Waals surface area (Å²) in [5.41, 5.74) is 4.68. The molecule has 0 bridgehead atoms. The number of hydrogen-bond acceptors (Lipinski definition) is 2. The van der Waals surface area contributed by atoms with E-state index in [-0.39, 0.29) is 5.91 Å². The Morgan fingerprint density at radius 3 is 2.29 bits per heavy atom. The minimum atomic E-state index is -0.183. The number of amides is 1. The van der Waals surface area contributed by atoms with Gasteiger partial charge >= 0.3 is 0 Å². The summed E-state index contributed by atoms with van der Waals surface area (Å²) >= 11 is 5.81. The lowest BCUT2D eigenvalue weighted by molar-refractivity contribution is 0.0954. The van der Waals surface area contributed by atoms with E-state index in [9.17, 15) is 4.79 Å². The summed E-state index contributed by atoms with van der Waals surface area (Å²) in [6.45, 7) is 6.88. The first-order valence-electron chi connectivity index (χ1n) is 7.47. The predicted octanol–water partition coefficient (Wildman–Crippen LogP) is 4.66. The van der Waals surface area contributed by atoms with Gasteiger partial charge in [0, 0.05) is 16.3 Å². The van der Waals surface area contributed by atoms with E-state index in [4.69, 9.17) is 11.6 Å². The largest absolute Gasteiger partial charge is 0.271 e. The number of hydrazone groups is 1. The molecule has 1 amide bonds. The minimum Gasteiger partial charge on any atom is -0.267 e. The van der Waals surface area contributed by atoms with Crippen molar-refractivity contribution in [2.45, 2.75) is 46.5 Å². The smallest absolute Gasteiger partial charge is 0.267 e. The zero-order valence-corrected chi connectivity index (χ0v) is 13.7. The molecule has 0 heterocycles. The number of hydrogen-bond donors (Lipinski definition) is 1. The molecule has 1 saturated carbocycles. The maximum absolute atomic E-state index is 12.0. The van der Waals surface area contributed by atoms with Crippen LogP contribution in [0.15, 0.2) is 29.4 Å². The summed E-state index contributed by atoms with van der Waals surface area (Å²) in [6, 6.07) is 6.82. The van der Waals surface area contributed by atoms with Gasteiger partial charge in [0.05, 0.1) is 0 Å². The van der Waals surface area contributed by atoms with E-state index in [1.54, 1.807) is 24.3 Å². The highest BCUT2D eigenvalue weighted by Crippen LogP contribution is 2.36. The molecule has 1 N–H and O–H groups in total. The summed E-state index contributed by atoms with van der Waals surface area (Å²) in [4.78, 5) is 12.0. The fourth-order valence-electron chi connectivity index (χ4n) is 2.72. The molecule has 0 radical (unpaired) electrons. The highest BCUT2D eigenvalue weighted by molar-refractivity contribution is 6.30. The van der Waals surface area contributed by atoms with Gasteiger partial charge in [-0.05, 0) is 61.3 Å². The second-order valence-electron chi connectivity index (χ2n) is 6.77. The maximum Gasteiger partial charge on any atom is 0.271 e. The molecular weight excluding hydrogens is 284 g/mol. The van der Waals surface area contributed by atoms with Crippen molar-refractivity contribution in [1.82, 2.24) is 5.43 Å². The number of benzene rings is 1. The lowest BCUT2D eigenvalue weighted by Crippen LogP contribution is -2.27. The highest BCUT2D eigenvalue weighted by atomic mass is 35.5. The Labute approximate surface area is 131 Å². The minimum absolute atomic E-state index is 0.183. The second kappa shape index (κ2) is 6.61. The van der Waals surface area contributed by atoms with Crippen LogP contribution in [0, 0.1) is 11.3 Å². The molecule has 0 aliphatic heterocycles. The molecule has 0 spiro atoms. The van der Waals surface area contributed by atoms with E-state index in [0.29, 0.717) is 16.0 Å². The SMILES string of the molecule is CC(C)(C)C1CCC(=NNC(=O)c2ccc(Cl)cc2)CC1. The van der Waals surface area contributed by atoms with Gasteiger partial charge in [-0.25, -0.2) is 5.43 Å². The molecule has 3 nitrogen and oxygen atoms in total. The lowest BCUT2D eigenvalue weighted by atomic mass is 9.72. The van der Waals surface area contributed by atoms with E-state index in [0.717, 1.165) is 37.3 Å². The van der Waals surface area contributed by atoms with E-state index < -0.39 is 0 Å². The molecule has 0 unspecified atom stereocenters. The van der Waals surface area contributed by atoms with Crippen LogP contribution in [0.4, 0.5) is 0 Å². The van der Waals surface area contributed by atoms with Gasteiger partial charge in [-0.2, -0.15) is 5.10 Å². The monoisotopic (exact) mass is 306 g/mol. The van der Waals surface area contributed by atoms with Crippen LogP contribution < -0.4 is 5.43 Å². The second-order valence-corrected chi connectivity index (χ2v) is 7.20. The molecule has 1 aromatic rings. The summed E-state index contributed by atoms with van der Waals surface area (Å²) in [7, 11) is 0. The van der Waals surface area contributed by atoms with Crippen LogP contribution >= 0.6 is 11.6 Å². The molecule has 1 fully saturated rings. The molecule has 1 aliphatic carbocycles. The van der Waals surface area contributed by atoms with Crippen molar-refractivity contribution >= 4 is 23.2 Å². The Balaban J connectivity index is 1.88. The summed E-state index contributed by atoms with van der Waals surface area (Å²) in [6.07, 6.45) is 4.25. The summed E-state index contributed by atoms with van der Waals surface area (Å²) in [5, 5.41) is 4.91. The van der Waals surface area contributed by atoms with Crippen molar-refractivity contribution in [2.24, 2.45) is 16.4 Å². The summed E-state index contributed by atoms with van der Waals surface area (Å²) < 4.78 is 0. The summed E-state index contributed by atoms with van der Waals surface area (Å²) in [5.74, 6) is 0.556. The average Bonchev–Trinajstić information content (AvgIpc) is 2.45. The van der Waals surface area contributed by atoms with Crippen LogP contribution in [-0.2, 0) is 0 Å². The third kappa shape index (κ3) is 4.57. The Morgan fingerprint density at radius 1 is 1.19 bits per heavy atom. The molecule has 21 heavy (non-hydrogen) atoms. The third-order valence-electron chi connectivity index (χ3n) is 4.21. The molecule has 1 aromatic carbocycles. The first-order valence-corrected chi connectivity index (χ1v) is 7.85. The van der Waals surface area contributed by atoms with E-state index in [2.05, 4.69) is 31.3 Å². The van der Waals surface area contributed by atoms with Gasteiger partial charge in [-0.3, -0.25) is 4.79 Å². The Bertz CT molecular complexity index is 519. The van der Waals surface area contributed by atoms with Crippen molar-refractivity contribution in [3.63, 3.8) is 0 Å². The molecule has 4 heteroatoms. The van der Waals surface area contributed by atoms with Gasteiger partial charge in [0.2, 0.25) is 0 Å². The van der Waals surface area contributed by atoms with Gasteiger partial charge < -0.3 is 0 Å². The third-order valence-corrected chi connectivity index (χ3v) is 4.46. The Hall–Kier alpha value is -1.35. The quantitative estimate of drug-likeness (QED) is 0.793. The van der Waals surface area contributed by atoms with E-state index in [1.807, 2.05) is 0 Å². The van der Waals surface area contributed by atoms with Crippen LogP contribution in [0.5, 0.6) is 0 Å². The van der Waals surface area contributed by atoms with Crippen LogP contribution in [0.3, 0.4) is 0 Å². The average molecular weight is 307 g/mol. The standard InChI is InChI=1S/C17H23ClN2O/c1-17(2,3)13-6-10-15(11-7-13)19-20-16(21)12-4-8-14(18)9-5-12/h4-5,8-9,13H,6-7,10-11H2,1-3H3,(H,20,21). The molecule has 0 aromatic heterocycles. The Morgan fingerprint density at radius 2 is 1.76 bits per heavy atom. The molecule has 0 atom stereocenters. The van der Waals surface area contributed by atoms with Gasteiger partial charge in [0.25, 0.3) is 5.91 Å². The molecular formula is C17H23ClN2O. The first kappa shape index (κ1) is 16.0. The predicted molar refractivity (Wildman–Crippen MR) is 87.8 cm³/mol. The van der Waals surface area contributed by atoms with Crippen LogP contribution in [0.1, 0.15) is 56.8 Å². The normalized spacial score (nSPS) is 19.2. The van der Waals surface area contributed by atoms with Crippen LogP contribution in [-0.4, -0.2) is 11.6 Å². The Kier molecular flexibility index (Phi) is 5.04. The van der Waals surface area contributed by atoms with Gasteiger partial charge in [0.1, 0.15) is 0 Å². The van der Waals surface area contributed by atoms with Crippen LogP contribution in [0.2, 0.25) is 5.02 Å². The fraction of sp³-hybridized carbons (Fsp3) is 0.529. The number of carbonyl (C=O) groups is 1. The van der Waals surface area contributed by atoms with Crippen molar-refractivity contribution in [3.8, 4) is 0 Å². The van der Waals surface area contributed by atoms with Gasteiger partial charge in [-0.15, -0.1) is 0 Å². The fourth-order valence-corrected chi connectivity index (χ4v) is 2.85. The van der Waals surface area contributed by atoms with Crippen molar-refractivity contribution in [3.05, 3.63) is 34.9 Å². The number of nitrogens with zero attached hydrogens (tertiary/aromatic N) is 1. The first-order chi connectivity index (χ1) is 9.86. The highest BCUT2D eigenvalue weighted by Gasteiger charge is 2.28. The topological polar surface area (TPSA) is 41.5 Å². The van der Waals surface area contributed by atoms with Crippen molar-refractivity contribution < 1.29 is 4.79 Å². The van der Waals surface area contributed by atoms with E-state index in [1.165, 1.54) is 0 Å². The van der Waals surface area contributed by atoms with E-state index >= 15 is 0 Å². The van der Waals surface area contributed by atoms with Gasteiger partial charge in [0.15, 0.2) is 0 Å². The lowest BCUT2D eigenvalue weighted by Gasteiger charge is -2.34. The van der Waals surface area contributed by atoms with Crippen LogP contribution in [0.25, 0.3) is 0 Å². The molecule has 2 rings (SSSR count). The molecule has 114 valence electrons. The maximum atomic E-state index is 12.0. The number of carbonyl (C=O) groups excluding carboxylic acids is 1. The van der Waals surface area contributed by atoms with Crippen molar-refractivity contribution in [1.29, 1.82) is 0 Å². The molecule has 0 saturated heterocycles. The zero-order chi connectivity index (χ0) is 15.5. The zero-order valence-electron chi connectivity index (χ0n) is 12.9. The number of nitrogens with one attached hydrogen (secondary N) is 1. The molecule has 1 aliphatic rings. The van der Waals surface area contributed by atoms with Crippen molar-refractivity contribution in [2.75, 3.05) is 0 Å². The van der Waals surface area contributed by atoms with Gasteiger partial charge in [-0.1, -0.05) is 32.4 Å². The number of halogens is 1.